The molecule has 1 fully saturated rings. The highest BCUT2D eigenvalue weighted by Crippen LogP contribution is 2.20. The number of likely N-dealkylation sites (tertiary alicyclic amines) is 1. The van der Waals surface area contributed by atoms with Gasteiger partial charge in [0.15, 0.2) is 5.96 Å². The smallest absolute Gasteiger partial charge is 0.328 e. The highest BCUT2D eigenvalue weighted by Gasteiger charge is 2.39. The number of carbonyl (C=O) groups excluding carboxylic acids is 3. The number of carboxylic acids is 1. The number of hydrogen-bond acceptors (Lipinski definition) is 7. The number of carbonyl (C=O) groups is 4. The van der Waals surface area contributed by atoms with E-state index in [9.17, 15) is 24.3 Å². The lowest BCUT2D eigenvalue weighted by atomic mass is 10.0. The molecule has 1 aliphatic heterocycles. The van der Waals surface area contributed by atoms with E-state index >= 15 is 0 Å². The van der Waals surface area contributed by atoms with Crippen LogP contribution in [0.5, 0.6) is 0 Å². The molecule has 1 aromatic carbocycles. The van der Waals surface area contributed by atoms with Gasteiger partial charge in [0.1, 0.15) is 18.1 Å². The molecule has 36 heavy (non-hydrogen) atoms. The predicted octanol–water partition coefficient (Wildman–Crippen LogP) is -2.35. The van der Waals surface area contributed by atoms with Crippen molar-refractivity contribution in [2.45, 2.75) is 56.3 Å². The standard InChI is InChI=1S/C23H35N7O6/c24-15(8-4-10-27-23(25)26)19(32)28-16(12-14-6-2-1-3-7-14)21(34)30-11-5-9-18(30)20(33)29-17(13-31)22(35)36/h1-3,6-7,15-18,31H,4-5,8-13,24H2,(H,28,32)(H,29,33)(H,35,36)(H4,25,26,27). The number of benzene rings is 1. The van der Waals surface area contributed by atoms with E-state index in [1.54, 1.807) is 12.1 Å². The number of aliphatic carboxylic acids is 1. The lowest BCUT2D eigenvalue weighted by Crippen LogP contribution is -2.57. The highest BCUT2D eigenvalue weighted by atomic mass is 16.4. The molecule has 0 aliphatic carbocycles. The molecule has 0 saturated carbocycles. The van der Waals surface area contributed by atoms with E-state index < -0.39 is 54.5 Å². The van der Waals surface area contributed by atoms with E-state index in [0.29, 0.717) is 32.2 Å². The van der Waals surface area contributed by atoms with Crippen LogP contribution in [0.4, 0.5) is 0 Å². The summed E-state index contributed by atoms with van der Waals surface area (Å²) in [5.41, 5.74) is 17.4. The number of amides is 3. The number of aliphatic imine (C=N–C) groups is 1. The predicted molar refractivity (Wildman–Crippen MR) is 131 cm³/mol. The van der Waals surface area contributed by atoms with Gasteiger partial charge in [-0.1, -0.05) is 30.3 Å². The minimum Gasteiger partial charge on any atom is -0.480 e. The van der Waals surface area contributed by atoms with Crippen molar-refractivity contribution >= 4 is 29.7 Å². The zero-order chi connectivity index (χ0) is 26.7. The fraction of sp³-hybridized carbons (Fsp3) is 0.522. The average Bonchev–Trinajstić information content (AvgIpc) is 3.34. The Kier molecular flexibility index (Phi) is 11.1. The van der Waals surface area contributed by atoms with Gasteiger partial charge >= 0.3 is 5.97 Å². The molecule has 13 nitrogen and oxygen atoms in total. The van der Waals surface area contributed by atoms with Gasteiger partial charge in [-0.25, -0.2) is 4.79 Å². The molecular weight excluding hydrogens is 470 g/mol. The quantitative estimate of drug-likeness (QED) is 0.0863. The summed E-state index contributed by atoms with van der Waals surface area (Å²) < 4.78 is 0. The van der Waals surface area contributed by atoms with Crippen LogP contribution in [0.3, 0.4) is 0 Å². The van der Waals surface area contributed by atoms with E-state index in [0.717, 1.165) is 5.56 Å². The average molecular weight is 506 g/mol. The summed E-state index contributed by atoms with van der Waals surface area (Å²) in [7, 11) is 0. The van der Waals surface area contributed by atoms with Crippen molar-refractivity contribution in [1.82, 2.24) is 15.5 Å². The maximum atomic E-state index is 13.5. The number of rotatable bonds is 13. The molecule has 3 amide bonds. The van der Waals surface area contributed by atoms with Crippen LogP contribution in [0.1, 0.15) is 31.2 Å². The summed E-state index contributed by atoms with van der Waals surface area (Å²) in [6, 6.07) is 4.77. The van der Waals surface area contributed by atoms with Crippen molar-refractivity contribution < 1.29 is 29.4 Å². The molecule has 4 unspecified atom stereocenters. The Hall–Kier alpha value is -3.71. The van der Waals surface area contributed by atoms with Crippen LogP contribution in [-0.2, 0) is 25.6 Å². The van der Waals surface area contributed by atoms with Crippen molar-refractivity contribution in [3.8, 4) is 0 Å². The number of carboxylic acid groups (broad SMARTS) is 1. The van der Waals surface area contributed by atoms with Gasteiger partial charge in [-0.15, -0.1) is 0 Å². The second-order valence-corrected chi connectivity index (χ2v) is 8.58. The molecule has 0 aromatic heterocycles. The first-order valence-corrected chi connectivity index (χ1v) is 11.7. The largest absolute Gasteiger partial charge is 0.480 e. The number of hydrogen-bond donors (Lipinski definition) is 7. The molecule has 1 heterocycles. The highest BCUT2D eigenvalue weighted by molar-refractivity contribution is 5.94. The Morgan fingerprint density at radius 3 is 2.42 bits per heavy atom. The zero-order valence-electron chi connectivity index (χ0n) is 20.0. The van der Waals surface area contributed by atoms with Gasteiger partial charge in [0.25, 0.3) is 0 Å². The molecule has 2 rings (SSSR count). The molecule has 10 N–H and O–H groups in total. The lowest BCUT2D eigenvalue weighted by Gasteiger charge is -2.30. The Morgan fingerprint density at radius 2 is 1.81 bits per heavy atom. The van der Waals surface area contributed by atoms with Crippen molar-refractivity contribution in [2.24, 2.45) is 22.2 Å². The summed E-state index contributed by atoms with van der Waals surface area (Å²) in [4.78, 5) is 55.4. The second-order valence-electron chi connectivity index (χ2n) is 8.58. The molecule has 0 spiro atoms. The van der Waals surface area contributed by atoms with E-state index in [-0.39, 0.29) is 18.9 Å². The number of nitrogens with one attached hydrogen (secondary N) is 2. The van der Waals surface area contributed by atoms with Crippen LogP contribution < -0.4 is 27.8 Å². The second kappa shape index (κ2) is 14.0. The van der Waals surface area contributed by atoms with Crippen molar-refractivity contribution in [2.75, 3.05) is 19.7 Å². The maximum Gasteiger partial charge on any atom is 0.328 e. The minimum absolute atomic E-state index is 0.0561. The van der Waals surface area contributed by atoms with Crippen molar-refractivity contribution in [3.63, 3.8) is 0 Å². The SMILES string of the molecule is NC(N)=NCCCC(N)C(=O)NC(Cc1ccccc1)C(=O)N1CCCC1C(=O)NC(CO)C(=O)O. The molecule has 0 radical (unpaired) electrons. The van der Waals surface area contributed by atoms with Crippen LogP contribution in [0.15, 0.2) is 35.3 Å². The fourth-order valence-corrected chi connectivity index (χ4v) is 3.94. The molecule has 4 atom stereocenters. The summed E-state index contributed by atoms with van der Waals surface area (Å²) in [5.74, 6) is -3.12. The maximum absolute atomic E-state index is 13.5. The Bertz CT molecular complexity index is 938. The molecule has 198 valence electrons. The molecular formula is C23H35N7O6. The molecule has 1 aliphatic rings. The first-order chi connectivity index (χ1) is 17.1. The van der Waals surface area contributed by atoms with E-state index in [1.807, 2.05) is 18.2 Å². The van der Waals surface area contributed by atoms with Crippen LogP contribution in [0.25, 0.3) is 0 Å². The van der Waals surface area contributed by atoms with E-state index in [2.05, 4.69) is 15.6 Å². The Balaban J connectivity index is 2.14. The number of nitrogens with zero attached hydrogens (tertiary/aromatic N) is 2. The number of nitrogens with two attached hydrogens (primary N) is 3. The van der Waals surface area contributed by atoms with Crippen molar-refractivity contribution in [1.29, 1.82) is 0 Å². The first kappa shape index (κ1) is 28.5. The summed E-state index contributed by atoms with van der Waals surface area (Å²) in [6.45, 7) is -0.208. The first-order valence-electron chi connectivity index (χ1n) is 11.7. The topological polar surface area (TPSA) is 226 Å². The van der Waals surface area contributed by atoms with Gasteiger partial charge in [-0.2, -0.15) is 0 Å². The van der Waals surface area contributed by atoms with E-state index in [1.165, 1.54) is 4.90 Å². The molecule has 0 bridgehead atoms. The normalized spacial score (nSPS) is 17.5. The van der Waals surface area contributed by atoms with Crippen molar-refractivity contribution in [3.05, 3.63) is 35.9 Å². The molecule has 1 aromatic rings. The van der Waals surface area contributed by atoms with Crippen LogP contribution in [-0.4, -0.2) is 88.6 Å². The van der Waals surface area contributed by atoms with Crippen LogP contribution in [0, 0.1) is 0 Å². The van der Waals surface area contributed by atoms with Gasteiger partial charge in [-0.3, -0.25) is 19.4 Å². The summed E-state index contributed by atoms with van der Waals surface area (Å²) in [5, 5.41) is 23.3. The van der Waals surface area contributed by atoms with Gasteiger partial charge < -0.3 is 42.9 Å². The van der Waals surface area contributed by atoms with Gasteiger partial charge in [0, 0.05) is 19.5 Å². The molecule has 13 heteroatoms. The Labute approximate surface area is 209 Å². The third kappa shape index (κ3) is 8.50. The monoisotopic (exact) mass is 505 g/mol. The van der Waals surface area contributed by atoms with Gasteiger partial charge in [0.2, 0.25) is 17.7 Å². The fourth-order valence-electron chi connectivity index (χ4n) is 3.94. The third-order valence-corrected chi connectivity index (χ3v) is 5.84. The number of guanidine groups is 1. The van der Waals surface area contributed by atoms with Gasteiger partial charge in [0.05, 0.1) is 12.6 Å². The summed E-state index contributed by atoms with van der Waals surface area (Å²) >= 11 is 0. The lowest BCUT2D eigenvalue weighted by molar-refractivity contribution is -0.145. The number of aliphatic hydroxyl groups is 1. The third-order valence-electron chi connectivity index (χ3n) is 5.84. The summed E-state index contributed by atoms with van der Waals surface area (Å²) in [6.07, 6.45) is 1.78. The number of aliphatic hydroxyl groups excluding tert-OH is 1. The Morgan fingerprint density at radius 1 is 1.11 bits per heavy atom. The zero-order valence-corrected chi connectivity index (χ0v) is 20.0. The van der Waals surface area contributed by atoms with Crippen LogP contribution >= 0.6 is 0 Å². The molecule has 1 saturated heterocycles. The minimum atomic E-state index is -1.48. The van der Waals surface area contributed by atoms with E-state index in [4.69, 9.17) is 22.3 Å². The van der Waals surface area contributed by atoms with Gasteiger partial charge in [-0.05, 0) is 31.2 Å². The van der Waals surface area contributed by atoms with Crippen LogP contribution in [0.2, 0.25) is 0 Å².